The van der Waals surface area contributed by atoms with E-state index in [1.54, 1.807) is 0 Å². The Kier molecular flexibility index (Phi) is 5.60. The smallest absolute Gasteiger partial charge is 0.238 e. The molecule has 0 aromatic carbocycles. The molecule has 1 fully saturated rings. The van der Waals surface area contributed by atoms with E-state index in [-0.39, 0.29) is 5.91 Å². The fraction of sp³-hybridized carbons (Fsp3) is 0.929. The first-order valence-electron chi connectivity index (χ1n) is 7.16. The van der Waals surface area contributed by atoms with E-state index in [0.717, 1.165) is 44.4 Å². The summed E-state index contributed by atoms with van der Waals surface area (Å²) in [6.45, 7) is 12.3. The Hall–Kier alpha value is -0.610. The summed E-state index contributed by atoms with van der Waals surface area (Å²) in [5.74, 6) is 1.23. The van der Waals surface area contributed by atoms with E-state index in [9.17, 15) is 4.79 Å². The molecule has 106 valence electrons. The molecule has 0 radical (unpaired) electrons. The van der Waals surface area contributed by atoms with Crippen LogP contribution in [0.15, 0.2) is 0 Å². The molecule has 3 N–H and O–H groups in total. The highest BCUT2D eigenvalue weighted by atomic mass is 16.1. The number of nitrogens with zero attached hydrogens (tertiary/aromatic N) is 1. The molecule has 0 spiro atoms. The molecule has 0 aliphatic carbocycles. The highest BCUT2D eigenvalue weighted by Crippen LogP contribution is 2.24. The fourth-order valence-electron chi connectivity index (χ4n) is 2.62. The Bertz CT molecular complexity index is 280. The average Bonchev–Trinajstić information content (AvgIpc) is 2.74. The van der Waals surface area contributed by atoms with E-state index in [2.05, 4.69) is 31.0 Å². The maximum atomic E-state index is 11.7. The number of nitrogens with one attached hydrogen (secondary N) is 1. The van der Waals surface area contributed by atoms with E-state index >= 15 is 0 Å². The highest BCUT2D eigenvalue weighted by molar-refractivity contribution is 5.84. The number of nitrogens with two attached hydrogens (primary N) is 1. The van der Waals surface area contributed by atoms with Crippen molar-refractivity contribution < 1.29 is 4.79 Å². The molecule has 0 aromatic heterocycles. The van der Waals surface area contributed by atoms with E-state index in [0.29, 0.717) is 0 Å². The van der Waals surface area contributed by atoms with Gasteiger partial charge in [-0.05, 0) is 44.7 Å². The van der Waals surface area contributed by atoms with Gasteiger partial charge in [0, 0.05) is 13.1 Å². The van der Waals surface area contributed by atoms with Crippen LogP contribution in [-0.2, 0) is 4.79 Å². The van der Waals surface area contributed by atoms with Crippen LogP contribution in [0, 0.1) is 11.8 Å². The summed E-state index contributed by atoms with van der Waals surface area (Å²) in [6.07, 6.45) is 2.25. The largest absolute Gasteiger partial charge is 0.368 e. The lowest BCUT2D eigenvalue weighted by atomic mass is 9.95. The number of rotatable bonds is 7. The Morgan fingerprint density at radius 3 is 2.67 bits per heavy atom. The zero-order chi connectivity index (χ0) is 13.8. The van der Waals surface area contributed by atoms with Crippen molar-refractivity contribution in [2.24, 2.45) is 17.6 Å². The second-order valence-electron chi connectivity index (χ2n) is 6.15. The molecule has 1 rings (SSSR count). The number of amides is 1. The van der Waals surface area contributed by atoms with Crippen LogP contribution in [0.5, 0.6) is 0 Å². The van der Waals surface area contributed by atoms with Gasteiger partial charge in [-0.1, -0.05) is 20.8 Å². The Labute approximate surface area is 111 Å². The van der Waals surface area contributed by atoms with Gasteiger partial charge in [0.25, 0.3) is 0 Å². The minimum absolute atomic E-state index is 0.246. The Balaban J connectivity index is 2.54. The quantitative estimate of drug-likeness (QED) is 0.719. The molecule has 1 aliphatic rings. The molecule has 1 saturated heterocycles. The van der Waals surface area contributed by atoms with Gasteiger partial charge in [-0.15, -0.1) is 0 Å². The zero-order valence-corrected chi connectivity index (χ0v) is 12.3. The molecule has 2 atom stereocenters. The average molecular weight is 255 g/mol. The van der Waals surface area contributed by atoms with Crippen LogP contribution in [0.2, 0.25) is 0 Å². The van der Waals surface area contributed by atoms with Crippen molar-refractivity contribution in [1.82, 2.24) is 10.2 Å². The summed E-state index contributed by atoms with van der Waals surface area (Å²) < 4.78 is 0. The molecule has 0 aromatic rings. The first kappa shape index (κ1) is 15.4. The van der Waals surface area contributed by atoms with E-state index in [1.165, 1.54) is 6.42 Å². The Morgan fingerprint density at radius 1 is 1.56 bits per heavy atom. The van der Waals surface area contributed by atoms with Crippen LogP contribution >= 0.6 is 0 Å². The molecule has 4 heteroatoms. The summed E-state index contributed by atoms with van der Waals surface area (Å²) in [6, 6.07) is 0. The number of primary amides is 1. The predicted molar refractivity (Wildman–Crippen MR) is 75.3 cm³/mol. The minimum atomic E-state index is -0.595. The maximum Gasteiger partial charge on any atom is 0.238 e. The second kappa shape index (κ2) is 6.53. The molecule has 18 heavy (non-hydrogen) atoms. The lowest BCUT2D eigenvalue weighted by Crippen LogP contribution is -2.59. The van der Waals surface area contributed by atoms with E-state index in [4.69, 9.17) is 5.73 Å². The van der Waals surface area contributed by atoms with Gasteiger partial charge in [-0.2, -0.15) is 0 Å². The summed E-state index contributed by atoms with van der Waals surface area (Å²) >= 11 is 0. The lowest BCUT2D eigenvalue weighted by Gasteiger charge is -2.32. The summed E-state index contributed by atoms with van der Waals surface area (Å²) in [5, 5.41) is 3.30. The van der Waals surface area contributed by atoms with Crippen molar-refractivity contribution in [3.63, 3.8) is 0 Å². The fourth-order valence-corrected chi connectivity index (χ4v) is 2.62. The van der Waals surface area contributed by atoms with Crippen LogP contribution in [0.25, 0.3) is 0 Å². The van der Waals surface area contributed by atoms with Crippen LogP contribution in [-0.4, -0.2) is 42.5 Å². The van der Waals surface area contributed by atoms with E-state index in [1.807, 2.05) is 6.92 Å². The standard InChI is InChI=1S/C14H29N3O/c1-5-7-16-14(4,13(15)18)10-17-8-6-12(9-17)11(2)3/h11-12,16H,5-10H2,1-4H3,(H2,15,18). The van der Waals surface area contributed by atoms with Gasteiger partial charge in [0.2, 0.25) is 5.91 Å². The first-order valence-corrected chi connectivity index (χ1v) is 7.16. The lowest BCUT2D eigenvalue weighted by molar-refractivity contribution is -0.124. The topological polar surface area (TPSA) is 58.4 Å². The highest BCUT2D eigenvalue weighted by Gasteiger charge is 2.35. The van der Waals surface area contributed by atoms with Crippen molar-refractivity contribution in [2.45, 2.75) is 46.1 Å². The molecular weight excluding hydrogens is 226 g/mol. The monoisotopic (exact) mass is 255 g/mol. The Morgan fingerprint density at radius 2 is 2.22 bits per heavy atom. The molecule has 1 heterocycles. The first-order chi connectivity index (χ1) is 8.39. The molecule has 0 saturated carbocycles. The zero-order valence-electron chi connectivity index (χ0n) is 12.3. The molecule has 0 bridgehead atoms. The van der Waals surface area contributed by atoms with Crippen molar-refractivity contribution >= 4 is 5.91 Å². The predicted octanol–water partition coefficient (Wildman–Crippen LogP) is 1.21. The SMILES string of the molecule is CCCNC(C)(CN1CCC(C(C)C)C1)C(N)=O. The summed E-state index contributed by atoms with van der Waals surface area (Å²) in [7, 11) is 0. The number of carbonyl (C=O) groups is 1. The van der Waals surface area contributed by atoms with Crippen molar-refractivity contribution in [2.75, 3.05) is 26.2 Å². The third-order valence-corrected chi connectivity index (χ3v) is 4.10. The van der Waals surface area contributed by atoms with Crippen molar-refractivity contribution in [3.05, 3.63) is 0 Å². The molecule has 4 nitrogen and oxygen atoms in total. The van der Waals surface area contributed by atoms with Gasteiger partial charge in [-0.3, -0.25) is 4.79 Å². The van der Waals surface area contributed by atoms with E-state index < -0.39 is 5.54 Å². The third-order valence-electron chi connectivity index (χ3n) is 4.10. The third kappa shape index (κ3) is 3.95. The second-order valence-corrected chi connectivity index (χ2v) is 6.15. The van der Waals surface area contributed by atoms with Gasteiger partial charge in [-0.25, -0.2) is 0 Å². The van der Waals surface area contributed by atoms with Crippen molar-refractivity contribution in [1.29, 1.82) is 0 Å². The van der Waals surface area contributed by atoms with Gasteiger partial charge < -0.3 is 16.0 Å². The summed E-state index contributed by atoms with van der Waals surface area (Å²) in [5.41, 5.74) is 4.96. The van der Waals surface area contributed by atoms with Crippen LogP contribution in [0.3, 0.4) is 0 Å². The van der Waals surface area contributed by atoms with Gasteiger partial charge in [0.05, 0.1) is 0 Å². The van der Waals surface area contributed by atoms with Gasteiger partial charge in [0.15, 0.2) is 0 Å². The molecule has 1 aliphatic heterocycles. The van der Waals surface area contributed by atoms with Gasteiger partial charge >= 0.3 is 0 Å². The van der Waals surface area contributed by atoms with Crippen LogP contribution < -0.4 is 11.1 Å². The number of hydrogen-bond donors (Lipinski definition) is 2. The summed E-state index contributed by atoms with van der Waals surface area (Å²) in [4.78, 5) is 14.0. The number of hydrogen-bond acceptors (Lipinski definition) is 3. The normalized spacial score (nSPS) is 24.4. The van der Waals surface area contributed by atoms with Crippen LogP contribution in [0.1, 0.15) is 40.5 Å². The molecular formula is C14H29N3O. The van der Waals surface area contributed by atoms with Crippen molar-refractivity contribution in [3.8, 4) is 0 Å². The van der Waals surface area contributed by atoms with Crippen LogP contribution in [0.4, 0.5) is 0 Å². The van der Waals surface area contributed by atoms with Gasteiger partial charge in [0.1, 0.15) is 5.54 Å². The number of carbonyl (C=O) groups excluding carboxylic acids is 1. The molecule has 2 unspecified atom stereocenters. The molecule has 1 amide bonds. The minimum Gasteiger partial charge on any atom is -0.368 e. The maximum absolute atomic E-state index is 11.7. The number of likely N-dealkylation sites (tertiary alicyclic amines) is 1.